The summed E-state index contributed by atoms with van der Waals surface area (Å²) in [6, 6.07) is 10.7. The standard InChI is InChI=1S/C16H17ClN2O2/c1-10-8-14(15(21-3)9-13(10)17)19-16(20)11-4-6-12(18-2)7-5-11/h4-9,18H,1-3H3,(H,19,20). The summed E-state index contributed by atoms with van der Waals surface area (Å²) in [5.41, 5.74) is 3.00. The topological polar surface area (TPSA) is 50.4 Å². The summed E-state index contributed by atoms with van der Waals surface area (Å²) in [5, 5.41) is 6.45. The van der Waals surface area contributed by atoms with Gasteiger partial charge in [0.15, 0.2) is 0 Å². The molecule has 0 aliphatic heterocycles. The quantitative estimate of drug-likeness (QED) is 0.899. The minimum Gasteiger partial charge on any atom is -0.495 e. The number of nitrogens with one attached hydrogen (secondary N) is 2. The highest BCUT2D eigenvalue weighted by Gasteiger charge is 2.11. The van der Waals surface area contributed by atoms with Gasteiger partial charge in [0.25, 0.3) is 5.91 Å². The van der Waals surface area contributed by atoms with E-state index in [0.29, 0.717) is 22.0 Å². The summed E-state index contributed by atoms with van der Waals surface area (Å²) in [6.07, 6.45) is 0. The zero-order valence-corrected chi connectivity index (χ0v) is 12.9. The van der Waals surface area contributed by atoms with Crippen molar-refractivity contribution in [3.05, 3.63) is 52.5 Å². The van der Waals surface area contributed by atoms with E-state index in [-0.39, 0.29) is 5.91 Å². The predicted octanol–water partition coefficient (Wildman–Crippen LogP) is 3.95. The number of carbonyl (C=O) groups excluding carboxylic acids is 1. The van der Waals surface area contributed by atoms with Gasteiger partial charge in [0, 0.05) is 29.4 Å². The molecule has 4 nitrogen and oxygen atoms in total. The van der Waals surface area contributed by atoms with Gasteiger partial charge in [-0.05, 0) is 42.8 Å². The lowest BCUT2D eigenvalue weighted by Crippen LogP contribution is -2.12. The lowest BCUT2D eigenvalue weighted by molar-refractivity contribution is 0.102. The highest BCUT2D eigenvalue weighted by Crippen LogP contribution is 2.31. The zero-order chi connectivity index (χ0) is 15.4. The van der Waals surface area contributed by atoms with E-state index in [1.807, 2.05) is 26.1 Å². The van der Waals surface area contributed by atoms with Crippen LogP contribution in [0.5, 0.6) is 5.75 Å². The molecule has 0 saturated heterocycles. The Morgan fingerprint density at radius 1 is 1.19 bits per heavy atom. The van der Waals surface area contributed by atoms with Crippen LogP contribution in [0.3, 0.4) is 0 Å². The first-order chi connectivity index (χ1) is 10.0. The fourth-order valence-electron chi connectivity index (χ4n) is 1.91. The third-order valence-corrected chi connectivity index (χ3v) is 3.57. The second-order valence-corrected chi connectivity index (χ2v) is 4.99. The van der Waals surface area contributed by atoms with Gasteiger partial charge in [-0.15, -0.1) is 0 Å². The molecule has 0 aromatic heterocycles. The number of carbonyl (C=O) groups is 1. The monoisotopic (exact) mass is 304 g/mol. The Labute approximate surface area is 129 Å². The number of ether oxygens (including phenoxy) is 1. The molecule has 2 N–H and O–H groups in total. The minimum absolute atomic E-state index is 0.197. The van der Waals surface area contributed by atoms with Crippen LogP contribution < -0.4 is 15.4 Å². The first kappa shape index (κ1) is 15.2. The van der Waals surface area contributed by atoms with E-state index in [0.717, 1.165) is 11.3 Å². The molecule has 0 bridgehead atoms. The summed E-state index contributed by atoms with van der Waals surface area (Å²) in [7, 11) is 3.37. The molecule has 0 aliphatic rings. The molecule has 5 heteroatoms. The summed E-state index contributed by atoms with van der Waals surface area (Å²) in [6.45, 7) is 1.87. The van der Waals surface area contributed by atoms with Crippen LogP contribution in [0.2, 0.25) is 5.02 Å². The predicted molar refractivity (Wildman–Crippen MR) is 86.7 cm³/mol. The van der Waals surface area contributed by atoms with Crippen LogP contribution in [-0.4, -0.2) is 20.1 Å². The van der Waals surface area contributed by atoms with Crippen molar-refractivity contribution in [1.29, 1.82) is 0 Å². The van der Waals surface area contributed by atoms with Crippen molar-refractivity contribution in [1.82, 2.24) is 0 Å². The molecule has 0 saturated carbocycles. The number of methoxy groups -OCH3 is 1. The van der Waals surface area contributed by atoms with Crippen molar-refractivity contribution in [2.75, 3.05) is 24.8 Å². The summed E-state index contributed by atoms with van der Waals surface area (Å²) < 4.78 is 5.25. The normalized spacial score (nSPS) is 10.1. The van der Waals surface area contributed by atoms with E-state index >= 15 is 0 Å². The van der Waals surface area contributed by atoms with E-state index in [1.54, 1.807) is 31.4 Å². The van der Waals surface area contributed by atoms with Gasteiger partial charge in [0.2, 0.25) is 0 Å². The highest BCUT2D eigenvalue weighted by molar-refractivity contribution is 6.31. The number of benzene rings is 2. The van der Waals surface area contributed by atoms with Gasteiger partial charge in [-0.3, -0.25) is 4.79 Å². The van der Waals surface area contributed by atoms with Gasteiger partial charge in [-0.1, -0.05) is 11.6 Å². The number of halogens is 1. The fourth-order valence-corrected chi connectivity index (χ4v) is 2.07. The molecule has 2 aromatic rings. The molecule has 0 unspecified atom stereocenters. The Morgan fingerprint density at radius 3 is 2.43 bits per heavy atom. The van der Waals surface area contributed by atoms with Gasteiger partial charge in [0.1, 0.15) is 5.75 Å². The fraction of sp³-hybridized carbons (Fsp3) is 0.188. The van der Waals surface area contributed by atoms with E-state index in [2.05, 4.69) is 10.6 Å². The summed E-state index contributed by atoms with van der Waals surface area (Å²) in [4.78, 5) is 12.3. The van der Waals surface area contributed by atoms with Gasteiger partial charge in [-0.2, -0.15) is 0 Å². The summed E-state index contributed by atoms with van der Waals surface area (Å²) >= 11 is 6.05. The minimum atomic E-state index is -0.197. The smallest absolute Gasteiger partial charge is 0.255 e. The Morgan fingerprint density at radius 2 is 1.86 bits per heavy atom. The summed E-state index contributed by atoms with van der Waals surface area (Å²) in [5.74, 6) is 0.337. The highest BCUT2D eigenvalue weighted by atomic mass is 35.5. The number of amides is 1. The van der Waals surface area contributed by atoms with Crippen LogP contribution in [0.15, 0.2) is 36.4 Å². The molecule has 1 amide bonds. The van der Waals surface area contributed by atoms with E-state index < -0.39 is 0 Å². The maximum absolute atomic E-state index is 12.3. The molecule has 2 rings (SSSR count). The average molecular weight is 305 g/mol. The first-order valence-corrected chi connectivity index (χ1v) is 6.86. The number of hydrogen-bond acceptors (Lipinski definition) is 3. The van der Waals surface area contributed by atoms with Gasteiger partial charge < -0.3 is 15.4 Å². The largest absolute Gasteiger partial charge is 0.495 e. The molecule has 110 valence electrons. The molecule has 0 aliphatic carbocycles. The number of hydrogen-bond donors (Lipinski definition) is 2. The number of anilines is 2. The Kier molecular flexibility index (Phi) is 4.70. The molecular formula is C16H17ClN2O2. The zero-order valence-electron chi connectivity index (χ0n) is 12.2. The molecule has 0 radical (unpaired) electrons. The second kappa shape index (κ2) is 6.50. The van der Waals surface area contributed by atoms with Crippen LogP contribution in [0.4, 0.5) is 11.4 Å². The third-order valence-electron chi connectivity index (χ3n) is 3.16. The van der Waals surface area contributed by atoms with Crippen molar-refractivity contribution < 1.29 is 9.53 Å². The van der Waals surface area contributed by atoms with Crippen molar-refractivity contribution in [2.24, 2.45) is 0 Å². The Balaban J connectivity index is 2.24. The maximum atomic E-state index is 12.3. The van der Waals surface area contributed by atoms with E-state index in [1.165, 1.54) is 0 Å². The lowest BCUT2D eigenvalue weighted by atomic mass is 10.1. The van der Waals surface area contributed by atoms with Crippen LogP contribution in [-0.2, 0) is 0 Å². The third kappa shape index (κ3) is 3.47. The van der Waals surface area contributed by atoms with Crippen LogP contribution >= 0.6 is 11.6 Å². The van der Waals surface area contributed by atoms with Crippen molar-refractivity contribution >= 4 is 28.9 Å². The molecule has 21 heavy (non-hydrogen) atoms. The van der Waals surface area contributed by atoms with Crippen LogP contribution in [0, 0.1) is 6.92 Å². The van der Waals surface area contributed by atoms with E-state index in [4.69, 9.17) is 16.3 Å². The molecule has 2 aromatic carbocycles. The molecule has 0 heterocycles. The number of aryl methyl sites for hydroxylation is 1. The first-order valence-electron chi connectivity index (χ1n) is 6.48. The molecule has 0 atom stereocenters. The van der Waals surface area contributed by atoms with Crippen molar-refractivity contribution in [3.8, 4) is 5.75 Å². The Bertz CT molecular complexity index is 654. The molecule has 0 fully saturated rings. The van der Waals surface area contributed by atoms with Gasteiger partial charge in [-0.25, -0.2) is 0 Å². The lowest BCUT2D eigenvalue weighted by Gasteiger charge is -2.12. The van der Waals surface area contributed by atoms with Gasteiger partial charge in [0.05, 0.1) is 12.8 Å². The van der Waals surface area contributed by atoms with E-state index in [9.17, 15) is 4.79 Å². The second-order valence-electron chi connectivity index (χ2n) is 4.58. The average Bonchev–Trinajstić information content (AvgIpc) is 2.50. The maximum Gasteiger partial charge on any atom is 0.255 e. The Hall–Kier alpha value is -2.20. The van der Waals surface area contributed by atoms with Crippen LogP contribution in [0.1, 0.15) is 15.9 Å². The molecule has 0 spiro atoms. The molecular weight excluding hydrogens is 288 g/mol. The number of rotatable bonds is 4. The van der Waals surface area contributed by atoms with Crippen LogP contribution in [0.25, 0.3) is 0 Å². The van der Waals surface area contributed by atoms with Gasteiger partial charge >= 0.3 is 0 Å². The van der Waals surface area contributed by atoms with Crippen molar-refractivity contribution in [2.45, 2.75) is 6.92 Å². The SMILES string of the molecule is CNc1ccc(C(=O)Nc2cc(C)c(Cl)cc2OC)cc1. The van der Waals surface area contributed by atoms with Crippen molar-refractivity contribution in [3.63, 3.8) is 0 Å².